The maximum Gasteiger partial charge on any atom is 0.309 e. The van der Waals surface area contributed by atoms with E-state index in [9.17, 15) is 4.79 Å². The summed E-state index contributed by atoms with van der Waals surface area (Å²) < 4.78 is 11.5. The SMILES string of the molecule is C#CC[C@H](C)OC(=O)[C@@H](C)[C@H](C)CO[Si](C)(C)C(C)(C)C. The molecule has 0 radical (unpaired) electrons. The first-order chi connectivity index (χ1) is 9.42. The Morgan fingerprint density at radius 3 is 2.19 bits per heavy atom. The molecule has 0 amide bonds. The van der Waals surface area contributed by atoms with Gasteiger partial charge in [0.05, 0.1) is 5.92 Å². The number of hydrogen-bond donors (Lipinski definition) is 0. The van der Waals surface area contributed by atoms with Crippen molar-refractivity contribution in [2.45, 2.75) is 72.2 Å². The summed E-state index contributed by atoms with van der Waals surface area (Å²) in [6.45, 7) is 17.4. The first-order valence-electron chi connectivity index (χ1n) is 7.70. The molecule has 0 spiro atoms. The summed E-state index contributed by atoms with van der Waals surface area (Å²) >= 11 is 0. The van der Waals surface area contributed by atoms with E-state index in [1.807, 2.05) is 20.8 Å². The van der Waals surface area contributed by atoms with Crippen LogP contribution in [0.4, 0.5) is 0 Å². The third-order valence-electron chi connectivity index (χ3n) is 4.46. The molecule has 3 atom stereocenters. The van der Waals surface area contributed by atoms with Crippen molar-refractivity contribution in [2.24, 2.45) is 11.8 Å². The summed E-state index contributed by atoms with van der Waals surface area (Å²) in [6, 6.07) is 0. The smallest absolute Gasteiger partial charge is 0.309 e. The van der Waals surface area contributed by atoms with E-state index < -0.39 is 8.32 Å². The molecule has 0 aliphatic heterocycles. The van der Waals surface area contributed by atoms with Crippen LogP contribution >= 0.6 is 0 Å². The van der Waals surface area contributed by atoms with Crippen molar-refractivity contribution in [1.29, 1.82) is 0 Å². The quantitative estimate of drug-likeness (QED) is 0.401. The number of ether oxygens (including phenoxy) is 1. The van der Waals surface area contributed by atoms with Crippen molar-refractivity contribution in [3.8, 4) is 12.3 Å². The minimum absolute atomic E-state index is 0.129. The van der Waals surface area contributed by atoms with Gasteiger partial charge in [-0.1, -0.05) is 34.6 Å². The van der Waals surface area contributed by atoms with E-state index in [1.54, 1.807) is 0 Å². The fraction of sp³-hybridized carbons (Fsp3) is 0.824. The van der Waals surface area contributed by atoms with Gasteiger partial charge in [0.1, 0.15) is 6.10 Å². The van der Waals surface area contributed by atoms with Crippen molar-refractivity contribution in [3.05, 3.63) is 0 Å². The summed E-state index contributed by atoms with van der Waals surface area (Å²) in [7, 11) is -1.77. The molecule has 0 bridgehead atoms. The first kappa shape index (κ1) is 20.2. The molecular formula is C17H32O3Si. The fourth-order valence-electron chi connectivity index (χ4n) is 1.45. The van der Waals surface area contributed by atoms with E-state index in [2.05, 4.69) is 39.8 Å². The molecule has 0 aliphatic rings. The molecule has 0 heterocycles. The standard InChI is InChI=1S/C17H32O3Si/c1-10-11-14(3)20-16(18)15(4)13(2)12-19-21(8,9)17(5,6)7/h1,13-15H,11-12H2,2-9H3/t13-,14+,15+/m1/s1. The van der Waals surface area contributed by atoms with Crippen molar-refractivity contribution in [3.63, 3.8) is 0 Å². The molecule has 0 unspecified atom stereocenters. The second kappa shape index (κ2) is 8.00. The molecule has 0 aromatic heterocycles. The molecular weight excluding hydrogens is 280 g/mol. The number of carbonyl (C=O) groups is 1. The summed E-state index contributed by atoms with van der Waals surface area (Å²) in [5.41, 5.74) is 0. The van der Waals surface area contributed by atoms with E-state index in [-0.39, 0.29) is 28.9 Å². The lowest BCUT2D eigenvalue weighted by molar-refractivity contribution is -0.154. The number of rotatable bonds is 7. The lowest BCUT2D eigenvalue weighted by Crippen LogP contribution is -2.42. The van der Waals surface area contributed by atoms with Crippen LogP contribution in [0, 0.1) is 24.2 Å². The molecule has 21 heavy (non-hydrogen) atoms. The van der Waals surface area contributed by atoms with Crippen LogP contribution in [0.15, 0.2) is 0 Å². The molecule has 0 N–H and O–H groups in total. The Kier molecular flexibility index (Phi) is 7.70. The number of esters is 1. The van der Waals surface area contributed by atoms with Gasteiger partial charge in [-0.3, -0.25) is 4.79 Å². The molecule has 0 aliphatic carbocycles. The highest BCUT2D eigenvalue weighted by Crippen LogP contribution is 2.37. The highest BCUT2D eigenvalue weighted by Gasteiger charge is 2.38. The molecule has 4 heteroatoms. The van der Waals surface area contributed by atoms with Crippen molar-refractivity contribution >= 4 is 14.3 Å². The van der Waals surface area contributed by atoms with Crippen LogP contribution < -0.4 is 0 Å². The summed E-state index contributed by atoms with van der Waals surface area (Å²) in [5.74, 6) is 2.26. The van der Waals surface area contributed by atoms with Gasteiger partial charge in [-0.2, -0.15) is 0 Å². The third-order valence-corrected chi connectivity index (χ3v) is 8.96. The third kappa shape index (κ3) is 6.67. The van der Waals surface area contributed by atoms with Crippen molar-refractivity contribution in [1.82, 2.24) is 0 Å². The predicted octanol–water partition coefficient (Wildman–Crippen LogP) is 4.24. The highest BCUT2D eigenvalue weighted by molar-refractivity contribution is 6.74. The highest BCUT2D eigenvalue weighted by atomic mass is 28.4. The Morgan fingerprint density at radius 1 is 1.24 bits per heavy atom. The van der Waals surface area contributed by atoms with E-state index in [0.717, 1.165) is 0 Å². The van der Waals surface area contributed by atoms with E-state index in [4.69, 9.17) is 15.6 Å². The minimum atomic E-state index is -1.77. The zero-order chi connectivity index (χ0) is 16.8. The number of terminal acetylenes is 1. The zero-order valence-electron chi connectivity index (χ0n) is 14.9. The van der Waals surface area contributed by atoms with E-state index in [0.29, 0.717) is 13.0 Å². The van der Waals surface area contributed by atoms with Gasteiger partial charge in [0.25, 0.3) is 0 Å². The summed E-state index contributed by atoms with van der Waals surface area (Å²) in [4.78, 5) is 12.1. The Morgan fingerprint density at radius 2 is 1.76 bits per heavy atom. The van der Waals surface area contributed by atoms with Crippen LogP contribution in [-0.2, 0) is 14.0 Å². The molecule has 0 fully saturated rings. The Labute approximate surface area is 131 Å². The average Bonchev–Trinajstić information content (AvgIpc) is 2.33. The Balaban J connectivity index is 4.43. The second-order valence-electron chi connectivity index (χ2n) is 7.49. The monoisotopic (exact) mass is 312 g/mol. The second-order valence-corrected chi connectivity index (χ2v) is 12.3. The Bertz CT molecular complexity index is 376. The molecule has 3 nitrogen and oxygen atoms in total. The fourth-order valence-corrected chi connectivity index (χ4v) is 2.56. The minimum Gasteiger partial charge on any atom is -0.461 e. The van der Waals surface area contributed by atoms with Gasteiger partial charge in [-0.25, -0.2) is 0 Å². The molecule has 0 rings (SSSR count). The van der Waals surface area contributed by atoms with Gasteiger partial charge in [0, 0.05) is 13.0 Å². The van der Waals surface area contributed by atoms with Crippen LogP contribution in [0.5, 0.6) is 0 Å². The summed E-state index contributed by atoms with van der Waals surface area (Å²) in [6.07, 6.45) is 5.45. The molecule has 0 aromatic carbocycles. The van der Waals surface area contributed by atoms with Gasteiger partial charge in [-0.15, -0.1) is 12.3 Å². The van der Waals surface area contributed by atoms with Crippen LogP contribution in [0.25, 0.3) is 0 Å². The Hall–Kier alpha value is -0.793. The molecule has 0 saturated heterocycles. The van der Waals surface area contributed by atoms with Gasteiger partial charge >= 0.3 is 5.97 Å². The topological polar surface area (TPSA) is 35.5 Å². The van der Waals surface area contributed by atoms with Crippen LogP contribution in [0.3, 0.4) is 0 Å². The largest absolute Gasteiger partial charge is 0.461 e. The van der Waals surface area contributed by atoms with E-state index >= 15 is 0 Å². The summed E-state index contributed by atoms with van der Waals surface area (Å²) in [5, 5.41) is 0.178. The number of carbonyl (C=O) groups excluding carboxylic acids is 1. The van der Waals surface area contributed by atoms with Crippen molar-refractivity contribution < 1.29 is 14.0 Å². The van der Waals surface area contributed by atoms with Crippen LogP contribution in [-0.4, -0.2) is 27.0 Å². The first-order valence-corrected chi connectivity index (χ1v) is 10.6. The van der Waals surface area contributed by atoms with Gasteiger partial charge in [0.2, 0.25) is 0 Å². The van der Waals surface area contributed by atoms with Gasteiger partial charge < -0.3 is 9.16 Å². The van der Waals surface area contributed by atoms with Gasteiger partial charge in [-0.05, 0) is 31.0 Å². The maximum atomic E-state index is 12.1. The lowest BCUT2D eigenvalue weighted by Gasteiger charge is -2.37. The van der Waals surface area contributed by atoms with Crippen LogP contribution in [0.2, 0.25) is 18.1 Å². The molecule has 0 aromatic rings. The van der Waals surface area contributed by atoms with Crippen molar-refractivity contribution in [2.75, 3.05) is 6.61 Å². The van der Waals surface area contributed by atoms with Crippen LogP contribution in [0.1, 0.15) is 48.0 Å². The normalized spacial score (nSPS) is 16.7. The zero-order valence-corrected chi connectivity index (χ0v) is 15.9. The van der Waals surface area contributed by atoms with Gasteiger partial charge in [0.15, 0.2) is 8.32 Å². The molecule has 0 saturated carbocycles. The van der Waals surface area contributed by atoms with E-state index in [1.165, 1.54) is 0 Å². The maximum absolute atomic E-state index is 12.1. The predicted molar refractivity (Wildman–Crippen MR) is 90.5 cm³/mol. The average molecular weight is 313 g/mol. The lowest BCUT2D eigenvalue weighted by atomic mass is 9.97. The molecule has 122 valence electrons. The number of hydrogen-bond acceptors (Lipinski definition) is 3.